The van der Waals surface area contributed by atoms with Gasteiger partial charge in [-0.2, -0.15) is 0 Å². The van der Waals surface area contributed by atoms with E-state index in [0.29, 0.717) is 10.8 Å². The Morgan fingerprint density at radius 3 is 2.48 bits per heavy atom. The Hall–Kier alpha value is -2.04. The molecule has 1 saturated heterocycles. The first kappa shape index (κ1) is 18.3. The van der Waals surface area contributed by atoms with Crippen molar-refractivity contribution in [2.75, 3.05) is 26.2 Å². The second-order valence-corrected chi connectivity index (χ2v) is 7.84. The number of hydrogen-bond acceptors (Lipinski definition) is 3. The molecule has 1 aliphatic carbocycles. The number of nitrogens with zero attached hydrogens (tertiary/aromatic N) is 2. The standard InChI is InChI=1S/C22H25ClN2O2/c23-18-6-10-21(11-7-18)27-16-22(26)25-13-12-24(19-8-9-19)15-20(25)14-17-4-2-1-3-5-17/h1-7,10-11,19-20H,8-9,12-16H2. The summed E-state index contributed by atoms with van der Waals surface area (Å²) in [7, 11) is 0. The lowest BCUT2D eigenvalue weighted by molar-refractivity contribution is -0.138. The number of carbonyl (C=O) groups is 1. The van der Waals surface area contributed by atoms with E-state index in [1.807, 2.05) is 11.0 Å². The zero-order chi connectivity index (χ0) is 18.6. The molecule has 0 radical (unpaired) electrons. The first-order chi connectivity index (χ1) is 13.2. The van der Waals surface area contributed by atoms with Gasteiger partial charge in [0.25, 0.3) is 5.91 Å². The van der Waals surface area contributed by atoms with Gasteiger partial charge in [0.05, 0.1) is 0 Å². The Morgan fingerprint density at radius 1 is 1.04 bits per heavy atom. The van der Waals surface area contributed by atoms with Crippen LogP contribution in [0.1, 0.15) is 18.4 Å². The van der Waals surface area contributed by atoms with Gasteiger partial charge in [0.15, 0.2) is 6.61 Å². The Kier molecular flexibility index (Phi) is 5.65. The molecular weight excluding hydrogens is 360 g/mol. The van der Waals surface area contributed by atoms with Crippen molar-refractivity contribution in [3.63, 3.8) is 0 Å². The van der Waals surface area contributed by atoms with Crippen LogP contribution < -0.4 is 4.74 Å². The van der Waals surface area contributed by atoms with E-state index < -0.39 is 0 Å². The molecule has 1 amide bonds. The van der Waals surface area contributed by atoms with Crippen LogP contribution in [0.3, 0.4) is 0 Å². The molecule has 2 fully saturated rings. The minimum atomic E-state index is 0.0568. The zero-order valence-corrected chi connectivity index (χ0v) is 16.1. The smallest absolute Gasteiger partial charge is 0.260 e. The topological polar surface area (TPSA) is 32.8 Å². The van der Waals surface area contributed by atoms with Gasteiger partial charge in [-0.1, -0.05) is 41.9 Å². The third-order valence-corrected chi connectivity index (χ3v) is 5.64. The summed E-state index contributed by atoms with van der Waals surface area (Å²) >= 11 is 5.90. The summed E-state index contributed by atoms with van der Waals surface area (Å²) in [5, 5.41) is 0.660. The highest BCUT2D eigenvalue weighted by atomic mass is 35.5. The molecule has 1 saturated carbocycles. The maximum atomic E-state index is 12.9. The van der Waals surface area contributed by atoms with Crippen LogP contribution in [0, 0.1) is 0 Å². The summed E-state index contributed by atoms with van der Waals surface area (Å²) in [6, 6.07) is 18.5. The van der Waals surface area contributed by atoms with Gasteiger partial charge in [-0.25, -0.2) is 0 Å². The Balaban J connectivity index is 1.41. The molecule has 2 aromatic carbocycles. The molecule has 2 aromatic rings. The van der Waals surface area contributed by atoms with E-state index in [0.717, 1.165) is 32.1 Å². The Labute approximate surface area is 165 Å². The Bertz CT molecular complexity index is 762. The minimum absolute atomic E-state index is 0.0568. The van der Waals surface area contributed by atoms with Crippen molar-refractivity contribution in [2.45, 2.75) is 31.3 Å². The second kappa shape index (κ2) is 8.32. The number of carbonyl (C=O) groups excluding carboxylic acids is 1. The third-order valence-electron chi connectivity index (χ3n) is 5.39. The third kappa shape index (κ3) is 4.82. The maximum absolute atomic E-state index is 12.9. The summed E-state index contributed by atoms with van der Waals surface area (Å²) < 4.78 is 5.70. The number of ether oxygens (including phenoxy) is 1. The molecule has 0 bridgehead atoms. The van der Waals surface area contributed by atoms with E-state index in [1.54, 1.807) is 24.3 Å². The van der Waals surface area contributed by atoms with Crippen LogP contribution in [0.4, 0.5) is 0 Å². The van der Waals surface area contributed by atoms with Crippen LogP contribution in [0.25, 0.3) is 0 Å². The second-order valence-electron chi connectivity index (χ2n) is 7.40. The van der Waals surface area contributed by atoms with Crippen LogP contribution in [0.15, 0.2) is 54.6 Å². The van der Waals surface area contributed by atoms with Crippen molar-refractivity contribution in [1.29, 1.82) is 0 Å². The average Bonchev–Trinajstić information content (AvgIpc) is 3.53. The number of amides is 1. The molecule has 0 spiro atoms. The molecule has 0 aromatic heterocycles. The minimum Gasteiger partial charge on any atom is -0.484 e. The summed E-state index contributed by atoms with van der Waals surface area (Å²) in [5.41, 5.74) is 1.27. The van der Waals surface area contributed by atoms with Gasteiger partial charge in [0.1, 0.15) is 5.75 Å². The fourth-order valence-electron chi connectivity index (χ4n) is 3.80. The molecule has 4 nitrogen and oxygen atoms in total. The van der Waals surface area contributed by atoms with Gasteiger partial charge in [-0.05, 0) is 49.1 Å². The number of halogens is 1. The van der Waals surface area contributed by atoms with E-state index in [4.69, 9.17) is 16.3 Å². The summed E-state index contributed by atoms with van der Waals surface area (Å²) in [4.78, 5) is 17.5. The van der Waals surface area contributed by atoms with Crippen molar-refractivity contribution in [2.24, 2.45) is 0 Å². The lowest BCUT2D eigenvalue weighted by Crippen LogP contribution is -2.57. The molecule has 2 aliphatic rings. The van der Waals surface area contributed by atoms with Crippen LogP contribution in [0.2, 0.25) is 5.02 Å². The number of rotatable bonds is 6. The van der Waals surface area contributed by atoms with Gasteiger partial charge in [0.2, 0.25) is 0 Å². The van der Waals surface area contributed by atoms with Gasteiger partial charge >= 0.3 is 0 Å². The highest BCUT2D eigenvalue weighted by Crippen LogP contribution is 2.29. The predicted octanol–water partition coefficient (Wildman–Crippen LogP) is 3.64. The van der Waals surface area contributed by atoms with Crippen LogP contribution in [-0.2, 0) is 11.2 Å². The van der Waals surface area contributed by atoms with E-state index in [2.05, 4.69) is 29.2 Å². The molecule has 0 N–H and O–H groups in total. The number of benzene rings is 2. The highest BCUT2D eigenvalue weighted by molar-refractivity contribution is 6.30. The van der Waals surface area contributed by atoms with Crippen molar-refractivity contribution in [1.82, 2.24) is 9.80 Å². The molecule has 4 rings (SSSR count). The van der Waals surface area contributed by atoms with Crippen LogP contribution >= 0.6 is 11.6 Å². The summed E-state index contributed by atoms with van der Waals surface area (Å²) in [5.74, 6) is 0.727. The fourth-order valence-corrected chi connectivity index (χ4v) is 3.92. The molecular formula is C22H25ClN2O2. The average molecular weight is 385 g/mol. The summed E-state index contributed by atoms with van der Waals surface area (Å²) in [6.07, 6.45) is 3.48. The molecule has 1 aliphatic heterocycles. The van der Waals surface area contributed by atoms with Gasteiger partial charge in [0, 0.05) is 36.7 Å². The normalized spacial score (nSPS) is 20.5. The van der Waals surface area contributed by atoms with E-state index in [1.165, 1.54) is 18.4 Å². The molecule has 1 unspecified atom stereocenters. The molecule has 142 valence electrons. The SMILES string of the molecule is O=C(COc1ccc(Cl)cc1)N1CCN(C2CC2)CC1Cc1ccccc1. The van der Waals surface area contributed by atoms with Gasteiger partial charge in [-0.3, -0.25) is 9.69 Å². The van der Waals surface area contributed by atoms with E-state index in [-0.39, 0.29) is 18.6 Å². The van der Waals surface area contributed by atoms with Crippen molar-refractivity contribution in [3.8, 4) is 5.75 Å². The van der Waals surface area contributed by atoms with E-state index >= 15 is 0 Å². The fraction of sp³-hybridized carbons (Fsp3) is 0.409. The molecule has 1 atom stereocenters. The van der Waals surface area contributed by atoms with Crippen LogP contribution in [-0.4, -0.2) is 54.0 Å². The van der Waals surface area contributed by atoms with Crippen molar-refractivity contribution in [3.05, 3.63) is 65.2 Å². The van der Waals surface area contributed by atoms with E-state index in [9.17, 15) is 4.79 Å². The molecule has 27 heavy (non-hydrogen) atoms. The molecule has 5 heteroatoms. The van der Waals surface area contributed by atoms with Gasteiger partial charge < -0.3 is 9.64 Å². The van der Waals surface area contributed by atoms with Gasteiger partial charge in [-0.15, -0.1) is 0 Å². The first-order valence-electron chi connectivity index (χ1n) is 9.65. The first-order valence-corrected chi connectivity index (χ1v) is 10.0. The monoisotopic (exact) mass is 384 g/mol. The lowest BCUT2D eigenvalue weighted by atomic mass is 10.0. The maximum Gasteiger partial charge on any atom is 0.260 e. The highest BCUT2D eigenvalue weighted by Gasteiger charge is 2.37. The van der Waals surface area contributed by atoms with Crippen LogP contribution in [0.5, 0.6) is 5.75 Å². The quantitative estimate of drug-likeness (QED) is 0.762. The largest absolute Gasteiger partial charge is 0.484 e. The zero-order valence-electron chi connectivity index (χ0n) is 15.4. The number of hydrogen-bond donors (Lipinski definition) is 0. The summed E-state index contributed by atoms with van der Waals surface area (Å²) in [6.45, 7) is 2.75. The molecule has 1 heterocycles. The lowest BCUT2D eigenvalue weighted by Gasteiger charge is -2.41. The predicted molar refractivity (Wildman–Crippen MR) is 107 cm³/mol. The number of piperazine rings is 1. The Morgan fingerprint density at radius 2 is 1.78 bits per heavy atom. The van der Waals surface area contributed by atoms with Crippen molar-refractivity contribution < 1.29 is 9.53 Å². The van der Waals surface area contributed by atoms with Crippen molar-refractivity contribution >= 4 is 17.5 Å².